The van der Waals surface area contributed by atoms with E-state index in [0.29, 0.717) is 22.6 Å². The van der Waals surface area contributed by atoms with Crippen molar-refractivity contribution < 1.29 is 18.0 Å². The van der Waals surface area contributed by atoms with Gasteiger partial charge in [-0.15, -0.1) is 11.3 Å². The lowest BCUT2D eigenvalue weighted by Gasteiger charge is -2.18. The summed E-state index contributed by atoms with van der Waals surface area (Å²) in [6.07, 6.45) is 0. The Hall–Kier alpha value is -3.17. The molecule has 1 heterocycles. The second kappa shape index (κ2) is 8.46. The molecule has 29 heavy (non-hydrogen) atoms. The third-order valence-electron chi connectivity index (χ3n) is 4.04. The molecule has 0 aliphatic heterocycles. The average Bonchev–Trinajstić information content (AvgIpc) is 3.23. The number of hydrogen-bond acceptors (Lipinski definition) is 5. The summed E-state index contributed by atoms with van der Waals surface area (Å²) in [7, 11) is -2.16. The van der Waals surface area contributed by atoms with Crippen LogP contribution in [0.2, 0.25) is 0 Å². The Labute approximate surface area is 173 Å². The number of amides is 2. The number of anilines is 3. The van der Waals surface area contributed by atoms with Gasteiger partial charge in [0, 0.05) is 30.9 Å². The summed E-state index contributed by atoms with van der Waals surface area (Å²) in [6, 6.07) is 16.3. The van der Waals surface area contributed by atoms with E-state index in [4.69, 9.17) is 0 Å². The van der Waals surface area contributed by atoms with Crippen molar-refractivity contribution in [1.82, 2.24) is 0 Å². The van der Waals surface area contributed by atoms with Crippen molar-refractivity contribution in [3.8, 4) is 0 Å². The van der Waals surface area contributed by atoms with Gasteiger partial charge in [0.05, 0.1) is 5.69 Å². The molecule has 7 nitrogen and oxygen atoms in total. The van der Waals surface area contributed by atoms with Gasteiger partial charge in [-0.2, -0.15) is 0 Å². The van der Waals surface area contributed by atoms with Gasteiger partial charge in [-0.3, -0.25) is 13.9 Å². The third-order valence-corrected chi connectivity index (χ3v) is 7.20. The Kier molecular flexibility index (Phi) is 6.00. The van der Waals surface area contributed by atoms with Crippen molar-refractivity contribution in [3.63, 3.8) is 0 Å². The second-order valence-corrected chi connectivity index (χ2v) is 9.31. The highest BCUT2D eigenvalue weighted by Crippen LogP contribution is 2.25. The van der Waals surface area contributed by atoms with Crippen molar-refractivity contribution in [2.45, 2.75) is 11.1 Å². The maximum atomic E-state index is 12.6. The van der Waals surface area contributed by atoms with Crippen molar-refractivity contribution in [2.24, 2.45) is 0 Å². The van der Waals surface area contributed by atoms with Crippen LogP contribution < -0.4 is 14.9 Å². The summed E-state index contributed by atoms with van der Waals surface area (Å²) in [5, 5.41) is 7.11. The number of carbonyl (C=O) groups is 2. The number of carbonyl (C=O) groups excluding carboxylic acids is 2. The highest BCUT2D eigenvalue weighted by atomic mass is 32.2. The zero-order valence-corrected chi connectivity index (χ0v) is 17.4. The van der Waals surface area contributed by atoms with Crippen LogP contribution in [0.1, 0.15) is 17.3 Å². The number of nitrogens with zero attached hydrogens (tertiary/aromatic N) is 1. The topological polar surface area (TPSA) is 95.6 Å². The summed E-state index contributed by atoms with van der Waals surface area (Å²) in [4.78, 5) is 23.6. The largest absolute Gasteiger partial charge is 0.326 e. The van der Waals surface area contributed by atoms with Gasteiger partial charge in [0.1, 0.15) is 4.21 Å². The van der Waals surface area contributed by atoms with Crippen LogP contribution in [0.5, 0.6) is 0 Å². The molecule has 2 aromatic carbocycles. The van der Waals surface area contributed by atoms with Crippen molar-refractivity contribution in [1.29, 1.82) is 0 Å². The van der Waals surface area contributed by atoms with E-state index in [-0.39, 0.29) is 16.0 Å². The molecule has 0 saturated carbocycles. The van der Waals surface area contributed by atoms with E-state index in [1.54, 1.807) is 66.0 Å². The van der Waals surface area contributed by atoms with Crippen LogP contribution in [0.4, 0.5) is 17.1 Å². The van der Waals surface area contributed by atoms with Crippen LogP contribution in [0.3, 0.4) is 0 Å². The molecule has 2 amide bonds. The summed E-state index contributed by atoms with van der Waals surface area (Å²) in [5.41, 5.74) is 1.93. The summed E-state index contributed by atoms with van der Waals surface area (Å²) in [5.74, 6) is -0.550. The number of nitrogens with one attached hydrogen (secondary N) is 2. The fourth-order valence-electron chi connectivity index (χ4n) is 2.59. The van der Waals surface area contributed by atoms with Gasteiger partial charge in [0.2, 0.25) is 5.91 Å². The lowest BCUT2D eigenvalue weighted by atomic mass is 10.2. The van der Waals surface area contributed by atoms with E-state index in [9.17, 15) is 18.0 Å². The van der Waals surface area contributed by atoms with Gasteiger partial charge in [-0.05, 0) is 53.9 Å². The minimum Gasteiger partial charge on any atom is -0.326 e. The SMILES string of the molecule is CC(=O)Nc1cccc(NC(=O)c2ccc(N(C)S(=O)(=O)c3cccs3)cc2)c1. The summed E-state index contributed by atoms with van der Waals surface area (Å²) < 4.78 is 26.6. The van der Waals surface area contributed by atoms with E-state index >= 15 is 0 Å². The predicted octanol–water partition coefficient (Wildman–Crippen LogP) is 3.78. The highest BCUT2D eigenvalue weighted by molar-refractivity contribution is 7.94. The Balaban J connectivity index is 1.73. The van der Waals surface area contributed by atoms with Gasteiger partial charge < -0.3 is 10.6 Å². The van der Waals surface area contributed by atoms with Gasteiger partial charge in [0.15, 0.2) is 0 Å². The van der Waals surface area contributed by atoms with E-state index in [2.05, 4.69) is 10.6 Å². The van der Waals surface area contributed by atoms with Crippen LogP contribution in [-0.2, 0) is 14.8 Å². The first-order valence-electron chi connectivity index (χ1n) is 8.59. The zero-order chi connectivity index (χ0) is 21.0. The van der Waals surface area contributed by atoms with Crippen molar-refractivity contribution in [2.75, 3.05) is 22.0 Å². The standard InChI is InChI=1S/C20H19N3O4S2/c1-14(24)21-16-5-3-6-17(13-16)22-20(25)15-8-10-18(11-9-15)23(2)29(26,27)19-7-4-12-28-19/h3-13H,1-2H3,(H,21,24)(H,22,25). The summed E-state index contributed by atoms with van der Waals surface area (Å²) in [6.45, 7) is 1.41. The number of thiophene rings is 1. The molecule has 0 unspecified atom stereocenters. The molecule has 2 N–H and O–H groups in total. The maximum Gasteiger partial charge on any atom is 0.273 e. The molecule has 0 saturated heterocycles. The Morgan fingerprint density at radius 2 is 1.59 bits per heavy atom. The molecule has 0 radical (unpaired) electrons. The van der Waals surface area contributed by atoms with E-state index in [1.165, 1.54) is 18.3 Å². The molecule has 0 atom stereocenters. The number of sulfonamides is 1. The van der Waals surface area contributed by atoms with Crippen LogP contribution in [0.15, 0.2) is 70.3 Å². The molecular weight excluding hydrogens is 410 g/mol. The first-order valence-corrected chi connectivity index (χ1v) is 10.9. The molecule has 3 rings (SSSR count). The lowest BCUT2D eigenvalue weighted by Crippen LogP contribution is -2.25. The Morgan fingerprint density at radius 1 is 0.931 bits per heavy atom. The number of benzene rings is 2. The Morgan fingerprint density at radius 3 is 2.17 bits per heavy atom. The normalized spacial score (nSPS) is 11.0. The molecule has 1 aromatic heterocycles. The van der Waals surface area contributed by atoms with Gasteiger partial charge >= 0.3 is 0 Å². The van der Waals surface area contributed by atoms with E-state index in [0.717, 1.165) is 11.3 Å². The Bertz CT molecular complexity index is 1120. The van der Waals surface area contributed by atoms with Gasteiger partial charge in [-0.25, -0.2) is 8.42 Å². The molecule has 150 valence electrons. The first-order chi connectivity index (χ1) is 13.8. The smallest absolute Gasteiger partial charge is 0.273 e. The summed E-state index contributed by atoms with van der Waals surface area (Å²) >= 11 is 1.15. The van der Waals surface area contributed by atoms with Crippen molar-refractivity contribution in [3.05, 3.63) is 71.6 Å². The lowest BCUT2D eigenvalue weighted by molar-refractivity contribution is -0.114. The predicted molar refractivity (Wildman–Crippen MR) is 115 cm³/mol. The van der Waals surface area contributed by atoms with E-state index in [1.807, 2.05) is 0 Å². The minimum atomic E-state index is -3.63. The van der Waals surface area contributed by atoms with Crippen LogP contribution in [0.25, 0.3) is 0 Å². The van der Waals surface area contributed by atoms with Gasteiger partial charge in [-0.1, -0.05) is 12.1 Å². The highest BCUT2D eigenvalue weighted by Gasteiger charge is 2.22. The fraction of sp³-hybridized carbons (Fsp3) is 0.100. The van der Waals surface area contributed by atoms with E-state index < -0.39 is 10.0 Å². The molecule has 3 aromatic rings. The molecular formula is C20H19N3O4S2. The maximum absolute atomic E-state index is 12.6. The number of hydrogen-bond donors (Lipinski definition) is 2. The molecule has 0 aliphatic carbocycles. The van der Waals surface area contributed by atoms with Crippen LogP contribution in [0, 0.1) is 0 Å². The van der Waals surface area contributed by atoms with Gasteiger partial charge in [0.25, 0.3) is 15.9 Å². The monoisotopic (exact) mass is 429 g/mol. The quantitative estimate of drug-likeness (QED) is 0.623. The fourth-order valence-corrected chi connectivity index (χ4v) is 4.94. The third kappa shape index (κ3) is 4.82. The van der Waals surface area contributed by atoms with Crippen LogP contribution in [-0.4, -0.2) is 27.3 Å². The molecule has 0 aliphatic rings. The average molecular weight is 430 g/mol. The molecule has 9 heteroatoms. The molecule has 0 fully saturated rings. The zero-order valence-electron chi connectivity index (χ0n) is 15.7. The first kappa shape index (κ1) is 20.6. The minimum absolute atomic E-state index is 0.203. The van der Waals surface area contributed by atoms with Crippen LogP contribution >= 0.6 is 11.3 Å². The second-order valence-electron chi connectivity index (χ2n) is 6.17. The molecule has 0 spiro atoms. The van der Waals surface area contributed by atoms with Crippen molar-refractivity contribution >= 4 is 50.2 Å². The number of rotatable bonds is 6. The molecule has 0 bridgehead atoms.